The Kier molecular flexibility index (Phi) is 2.61. The number of hydrogen-bond donors (Lipinski definition) is 1. The van der Waals surface area contributed by atoms with Crippen LogP contribution in [0.1, 0.15) is 17.0 Å². The molecule has 2 unspecified atom stereocenters. The molecule has 1 aromatic rings. The van der Waals surface area contributed by atoms with Crippen LogP contribution in [0.5, 0.6) is 0 Å². The molecule has 0 amide bonds. The summed E-state index contributed by atoms with van der Waals surface area (Å²) in [6, 6.07) is 9.13. The zero-order valence-corrected chi connectivity index (χ0v) is 8.68. The summed E-state index contributed by atoms with van der Waals surface area (Å²) in [6.45, 7) is 2.12. The lowest BCUT2D eigenvalue weighted by Crippen LogP contribution is -2.26. The van der Waals surface area contributed by atoms with Gasteiger partial charge < -0.3 is 5.73 Å². The van der Waals surface area contributed by atoms with Gasteiger partial charge >= 0.3 is 0 Å². The molecule has 1 saturated heterocycles. The van der Waals surface area contributed by atoms with Crippen molar-refractivity contribution in [1.82, 2.24) is 0 Å². The topological polar surface area (TPSA) is 26.0 Å². The van der Waals surface area contributed by atoms with Crippen LogP contribution in [0.4, 0.5) is 0 Å². The van der Waals surface area contributed by atoms with Gasteiger partial charge in [-0.15, -0.1) is 0 Å². The van der Waals surface area contributed by atoms with Gasteiger partial charge in [0.15, 0.2) is 0 Å². The SMILES string of the molecule is Cc1ccc(C2CSCC2N)cc1. The van der Waals surface area contributed by atoms with E-state index in [9.17, 15) is 0 Å². The van der Waals surface area contributed by atoms with E-state index in [4.69, 9.17) is 5.73 Å². The van der Waals surface area contributed by atoms with Crippen molar-refractivity contribution in [2.75, 3.05) is 11.5 Å². The van der Waals surface area contributed by atoms with Gasteiger partial charge in [-0.3, -0.25) is 0 Å². The maximum atomic E-state index is 6.03. The number of aryl methyl sites for hydroxylation is 1. The second kappa shape index (κ2) is 3.72. The van der Waals surface area contributed by atoms with Crippen LogP contribution in [0.25, 0.3) is 0 Å². The first kappa shape index (κ1) is 9.10. The highest BCUT2D eigenvalue weighted by Gasteiger charge is 2.25. The van der Waals surface area contributed by atoms with Gasteiger partial charge in [-0.05, 0) is 12.5 Å². The fourth-order valence-electron chi connectivity index (χ4n) is 1.73. The van der Waals surface area contributed by atoms with E-state index in [0.29, 0.717) is 12.0 Å². The average Bonchev–Trinajstić information content (AvgIpc) is 2.53. The van der Waals surface area contributed by atoms with Crippen LogP contribution in [0, 0.1) is 6.92 Å². The molecule has 1 aliphatic heterocycles. The third-order valence-electron chi connectivity index (χ3n) is 2.63. The summed E-state index contributed by atoms with van der Waals surface area (Å²) in [6.07, 6.45) is 0. The molecule has 0 bridgehead atoms. The Hall–Kier alpha value is -0.470. The fraction of sp³-hybridized carbons (Fsp3) is 0.455. The molecule has 1 heterocycles. The highest BCUT2D eigenvalue weighted by Crippen LogP contribution is 2.31. The van der Waals surface area contributed by atoms with E-state index in [-0.39, 0.29) is 0 Å². The highest BCUT2D eigenvalue weighted by atomic mass is 32.2. The third-order valence-corrected chi connectivity index (χ3v) is 3.85. The molecule has 2 atom stereocenters. The number of nitrogens with two attached hydrogens (primary N) is 1. The molecule has 0 saturated carbocycles. The molecule has 0 spiro atoms. The van der Waals surface area contributed by atoms with E-state index >= 15 is 0 Å². The van der Waals surface area contributed by atoms with Gasteiger partial charge in [0.1, 0.15) is 0 Å². The molecule has 2 N–H and O–H groups in total. The zero-order chi connectivity index (χ0) is 9.26. The first-order valence-electron chi connectivity index (χ1n) is 4.67. The molecule has 1 nitrogen and oxygen atoms in total. The third kappa shape index (κ3) is 1.89. The number of rotatable bonds is 1. The molecule has 0 aliphatic carbocycles. The predicted molar refractivity (Wildman–Crippen MR) is 59.2 cm³/mol. The summed E-state index contributed by atoms with van der Waals surface area (Å²) in [4.78, 5) is 0. The zero-order valence-electron chi connectivity index (χ0n) is 7.86. The minimum absolute atomic E-state index is 0.354. The number of hydrogen-bond acceptors (Lipinski definition) is 2. The average molecular weight is 193 g/mol. The molecule has 1 fully saturated rings. The quantitative estimate of drug-likeness (QED) is 0.739. The van der Waals surface area contributed by atoms with Crippen molar-refractivity contribution in [2.45, 2.75) is 18.9 Å². The smallest absolute Gasteiger partial charge is 0.0207 e. The Bertz CT molecular complexity index is 281. The Morgan fingerprint density at radius 3 is 2.46 bits per heavy atom. The summed E-state index contributed by atoms with van der Waals surface area (Å²) in [5.41, 5.74) is 8.76. The lowest BCUT2D eigenvalue weighted by Gasteiger charge is -2.14. The first-order valence-corrected chi connectivity index (χ1v) is 5.83. The first-order chi connectivity index (χ1) is 6.27. The van der Waals surface area contributed by atoms with Crippen molar-refractivity contribution in [3.8, 4) is 0 Å². The van der Waals surface area contributed by atoms with E-state index in [2.05, 4.69) is 31.2 Å². The minimum Gasteiger partial charge on any atom is -0.326 e. The van der Waals surface area contributed by atoms with Crippen LogP contribution in [-0.4, -0.2) is 17.5 Å². The number of thioether (sulfide) groups is 1. The van der Waals surface area contributed by atoms with Gasteiger partial charge in [-0.25, -0.2) is 0 Å². The van der Waals surface area contributed by atoms with E-state index in [1.54, 1.807) is 0 Å². The Morgan fingerprint density at radius 2 is 1.92 bits per heavy atom. The normalized spacial score (nSPS) is 27.8. The Balaban J connectivity index is 2.20. The van der Waals surface area contributed by atoms with Gasteiger partial charge in [-0.2, -0.15) is 11.8 Å². The van der Waals surface area contributed by atoms with Crippen molar-refractivity contribution < 1.29 is 0 Å². The second-order valence-electron chi connectivity index (χ2n) is 3.72. The van der Waals surface area contributed by atoms with Gasteiger partial charge in [0, 0.05) is 23.5 Å². The lowest BCUT2D eigenvalue weighted by molar-refractivity contribution is 0.653. The number of benzene rings is 1. The lowest BCUT2D eigenvalue weighted by atomic mass is 9.94. The molecule has 0 aromatic heterocycles. The van der Waals surface area contributed by atoms with Crippen molar-refractivity contribution in [3.05, 3.63) is 35.4 Å². The highest BCUT2D eigenvalue weighted by molar-refractivity contribution is 7.99. The molecule has 1 aromatic carbocycles. The summed E-state index contributed by atoms with van der Waals surface area (Å²) < 4.78 is 0. The molecular formula is C11H15NS. The van der Waals surface area contributed by atoms with E-state index < -0.39 is 0 Å². The molecule has 1 aliphatic rings. The summed E-state index contributed by atoms with van der Waals surface area (Å²) in [7, 11) is 0. The fourth-order valence-corrected chi connectivity index (χ4v) is 3.06. The van der Waals surface area contributed by atoms with E-state index in [0.717, 1.165) is 5.75 Å². The molecule has 70 valence electrons. The predicted octanol–water partition coefficient (Wildman–Crippen LogP) is 2.15. The minimum atomic E-state index is 0.354. The van der Waals surface area contributed by atoms with Crippen LogP contribution < -0.4 is 5.73 Å². The molecule has 2 heteroatoms. The Labute approximate surface area is 83.7 Å². The van der Waals surface area contributed by atoms with Crippen LogP contribution in [0.3, 0.4) is 0 Å². The van der Waals surface area contributed by atoms with Gasteiger partial charge in [-0.1, -0.05) is 29.8 Å². The van der Waals surface area contributed by atoms with Crippen LogP contribution in [0.2, 0.25) is 0 Å². The van der Waals surface area contributed by atoms with Crippen molar-refractivity contribution in [3.63, 3.8) is 0 Å². The van der Waals surface area contributed by atoms with Gasteiger partial charge in [0.25, 0.3) is 0 Å². The van der Waals surface area contributed by atoms with Crippen LogP contribution in [-0.2, 0) is 0 Å². The van der Waals surface area contributed by atoms with E-state index in [1.807, 2.05) is 11.8 Å². The van der Waals surface area contributed by atoms with Crippen molar-refractivity contribution >= 4 is 11.8 Å². The summed E-state index contributed by atoms with van der Waals surface area (Å²) in [5.74, 6) is 2.87. The van der Waals surface area contributed by atoms with Crippen molar-refractivity contribution in [1.29, 1.82) is 0 Å². The van der Waals surface area contributed by atoms with Crippen molar-refractivity contribution in [2.24, 2.45) is 5.73 Å². The molecule has 0 radical (unpaired) electrons. The standard InChI is InChI=1S/C11H15NS/c1-8-2-4-9(5-3-8)10-6-13-7-11(10)12/h2-5,10-11H,6-7,12H2,1H3. The largest absolute Gasteiger partial charge is 0.326 e. The molecule has 2 rings (SSSR count). The second-order valence-corrected chi connectivity index (χ2v) is 4.79. The summed E-state index contributed by atoms with van der Waals surface area (Å²) >= 11 is 1.96. The maximum absolute atomic E-state index is 6.03. The summed E-state index contributed by atoms with van der Waals surface area (Å²) in [5, 5.41) is 0. The van der Waals surface area contributed by atoms with Gasteiger partial charge in [0.2, 0.25) is 0 Å². The Morgan fingerprint density at radius 1 is 1.23 bits per heavy atom. The van der Waals surface area contributed by atoms with Gasteiger partial charge in [0.05, 0.1) is 0 Å². The molecule has 13 heavy (non-hydrogen) atoms. The van der Waals surface area contributed by atoms with Crippen LogP contribution >= 0.6 is 11.8 Å². The molecular weight excluding hydrogens is 178 g/mol. The van der Waals surface area contributed by atoms with E-state index in [1.165, 1.54) is 16.9 Å². The van der Waals surface area contributed by atoms with Crippen LogP contribution in [0.15, 0.2) is 24.3 Å². The monoisotopic (exact) mass is 193 g/mol. The maximum Gasteiger partial charge on any atom is 0.0207 e.